The molecule has 5 aliphatic rings. The van der Waals surface area contributed by atoms with Crippen molar-refractivity contribution >= 4 is 17.8 Å². The van der Waals surface area contributed by atoms with Crippen molar-refractivity contribution in [3.05, 3.63) is 11.8 Å². The topological polar surface area (TPSA) is 83.1 Å². The van der Waals surface area contributed by atoms with Crippen molar-refractivity contribution < 1.29 is 14.3 Å². The van der Waals surface area contributed by atoms with Gasteiger partial charge in [-0.2, -0.15) is 4.98 Å². The average molecular weight is 583 g/mol. The minimum Gasteiger partial charge on any atom is -0.381 e. The Labute approximate surface area is 253 Å². The van der Waals surface area contributed by atoms with Crippen LogP contribution in [0.4, 0.5) is 16.6 Å². The third-order valence-corrected chi connectivity index (χ3v) is 11.6. The third kappa shape index (κ3) is 5.90. The lowest BCUT2D eigenvalue weighted by atomic mass is 9.69. The Balaban J connectivity index is 1.24. The van der Waals surface area contributed by atoms with Gasteiger partial charge in [0.2, 0.25) is 5.95 Å². The van der Waals surface area contributed by atoms with Gasteiger partial charge in [-0.05, 0) is 109 Å². The van der Waals surface area contributed by atoms with Gasteiger partial charge in [-0.15, -0.1) is 0 Å². The second-order valence-electron chi connectivity index (χ2n) is 14.5. The molecule has 6 atom stereocenters. The van der Waals surface area contributed by atoms with Crippen molar-refractivity contribution in [2.45, 2.75) is 115 Å². The standard InChI is InChI=1S/C33H54N6O3/c1-22-7-6-8-23(2)29(22)38-21-26-20-34-31(35-30(26)39(32(38)40)27-12-17-42-18-13-27)36-33(3)14-9-25(19-28(33)41-5)24-10-15-37(4)16-11-24/h20,22-25,27-29H,6-19,21H2,1-5H3,(H,34,35,36)/t22-,23+,25?,28?,29?,33?. The number of anilines is 2. The van der Waals surface area contributed by atoms with Crippen molar-refractivity contribution in [1.29, 1.82) is 0 Å². The quantitative estimate of drug-likeness (QED) is 0.471. The molecule has 2 saturated heterocycles. The van der Waals surface area contributed by atoms with Crippen LogP contribution in [0.15, 0.2) is 6.20 Å². The van der Waals surface area contributed by atoms with Gasteiger partial charge in [0.15, 0.2) is 0 Å². The van der Waals surface area contributed by atoms with E-state index in [9.17, 15) is 4.79 Å². The van der Waals surface area contributed by atoms with Crippen molar-refractivity contribution in [2.24, 2.45) is 23.7 Å². The zero-order valence-corrected chi connectivity index (χ0v) is 26.7. The number of nitrogens with one attached hydrogen (secondary N) is 1. The number of nitrogens with zero attached hydrogens (tertiary/aromatic N) is 5. The summed E-state index contributed by atoms with van der Waals surface area (Å²) in [5, 5.41) is 3.73. The molecule has 0 aromatic carbocycles. The fourth-order valence-electron chi connectivity index (χ4n) is 9.02. The van der Waals surface area contributed by atoms with Crippen LogP contribution in [0.2, 0.25) is 0 Å². The Bertz CT molecular complexity index is 1080. The van der Waals surface area contributed by atoms with Gasteiger partial charge in [-0.25, -0.2) is 9.78 Å². The summed E-state index contributed by atoms with van der Waals surface area (Å²) >= 11 is 0. The number of rotatable bonds is 6. The van der Waals surface area contributed by atoms with Gasteiger partial charge in [0.25, 0.3) is 0 Å². The van der Waals surface area contributed by atoms with Gasteiger partial charge in [-0.1, -0.05) is 20.3 Å². The van der Waals surface area contributed by atoms with E-state index in [-0.39, 0.29) is 29.8 Å². The van der Waals surface area contributed by atoms with Gasteiger partial charge in [0, 0.05) is 44.2 Å². The largest absolute Gasteiger partial charge is 0.381 e. The first-order chi connectivity index (χ1) is 20.3. The number of aromatic nitrogens is 2. The second kappa shape index (κ2) is 12.6. The molecule has 1 N–H and O–H groups in total. The highest BCUT2D eigenvalue weighted by atomic mass is 16.5. The van der Waals surface area contributed by atoms with Crippen LogP contribution in [-0.4, -0.2) is 90.0 Å². The highest BCUT2D eigenvalue weighted by Gasteiger charge is 2.46. The first kappa shape index (κ1) is 30.1. The van der Waals surface area contributed by atoms with Crippen LogP contribution in [0.3, 0.4) is 0 Å². The van der Waals surface area contributed by atoms with Crippen LogP contribution < -0.4 is 10.2 Å². The summed E-state index contributed by atoms with van der Waals surface area (Å²) in [5.74, 6) is 3.88. The Morgan fingerprint density at radius 3 is 2.43 bits per heavy atom. The zero-order valence-electron chi connectivity index (χ0n) is 26.7. The SMILES string of the molecule is COC1CC(C2CCN(C)CC2)CCC1(C)Nc1ncc2c(n1)N(C1CCOCC1)C(=O)N(C1[C@H](C)CCC[C@@H]1C)C2. The van der Waals surface area contributed by atoms with Gasteiger partial charge in [0.1, 0.15) is 5.82 Å². The molecular formula is C33H54N6O3. The number of carbonyl (C=O) groups is 1. The molecule has 0 radical (unpaired) electrons. The van der Waals surface area contributed by atoms with Crippen molar-refractivity contribution in [3.8, 4) is 0 Å². The molecule has 4 heterocycles. The number of ether oxygens (including phenoxy) is 2. The maximum Gasteiger partial charge on any atom is 0.326 e. The van der Waals surface area contributed by atoms with Crippen molar-refractivity contribution in [1.82, 2.24) is 19.8 Å². The third-order valence-electron chi connectivity index (χ3n) is 11.6. The zero-order chi connectivity index (χ0) is 29.4. The van der Waals surface area contributed by atoms with E-state index in [1.165, 1.54) is 51.6 Å². The number of amides is 2. The molecule has 234 valence electrons. The number of piperidine rings is 1. The Hall–Kier alpha value is -1.97. The van der Waals surface area contributed by atoms with Crippen LogP contribution in [0.1, 0.15) is 90.5 Å². The van der Waals surface area contributed by atoms with E-state index in [4.69, 9.17) is 19.4 Å². The molecule has 4 fully saturated rings. The molecule has 9 heteroatoms. The molecule has 1 aromatic heterocycles. The molecule has 0 bridgehead atoms. The smallest absolute Gasteiger partial charge is 0.326 e. The summed E-state index contributed by atoms with van der Waals surface area (Å²) in [6, 6.07) is 0.460. The van der Waals surface area contributed by atoms with Gasteiger partial charge in [0.05, 0.1) is 18.2 Å². The number of urea groups is 1. The summed E-state index contributed by atoms with van der Waals surface area (Å²) in [6.07, 6.45) is 13.2. The highest BCUT2D eigenvalue weighted by molar-refractivity contribution is 5.94. The predicted molar refractivity (Wildman–Crippen MR) is 166 cm³/mol. The van der Waals surface area contributed by atoms with E-state index < -0.39 is 0 Å². The van der Waals surface area contributed by atoms with E-state index in [1.54, 1.807) is 0 Å². The van der Waals surface area contributed by atoms with E-state index in [0.717, 1.165) is 43.0 Å². The Morgan fingerprint density at radius 2 is 1.74 bits per heavy atom. The van der Waals surface area contributed by atoms with Gasteiger partial charge < -0.3 is 24.6 Å². The average Bonchev–Trinajstić information content (AvgIpc) is 2.98. The van der Waals surface area contributed by atoms with E-state index in [2.05, 4.69) is 42.9 Å². The highest BCUT2D eigenvalue weighted by Crippen LogP contribution is 2.43. The molecule has 9 nitrogen and oxygen atoms in total. The van der Waals surface area contributed by atoms with Crippen LogP contribution >= 0.6 is 0 Å². The Kier molecular flexibility index (Phi) is 9.00. The summed E-state index contributed by atoms with van der Waals surface area (Å²) in [6.45, 7) is 11.3. The molecule has 2 amide bonds. The normalized spacial score (nSPS) is 35.7. The lowest BCUT2D eigenvalue weighted by Gasteiger charge is -2.49. The van der Waals surface area contributed by atoms with Crippen LogP contribution in [-0.2, 0) is 16.0 Å². The monoisotopic (exact) mass is 582 g/mol. The maximum absolute atomic E-state index is 14.4. The second-order valence-corrected chi connectivity index (χ2v) is 14.5. The Morgan fingerprint density at radius 1 is 1.02 bits per heavy atom. The van der Waals surface area contributed by atoms with Gasteiger partial charge in [-0.3, -0.25) is 4.90 Å². The van der Waals surface area contributed by atoms with Crippen LogP contribution in [0.5, 0.6) is 0 Å². The fourth-order valence-corrected chi connectivity index (χ4v) is 9.02. The number of hydrogen-bond acceptors (Lipinski definition) is 7. The number of hydrogen-bond donors (Lipinski definition) is 1. The van der Waals surface area contributed by atoms with Crippen LogP contribution in [0, 0.1) is 23.7 Å². The first-order valence-corrected chi connectivity index (χ1v) is 16.8. The van der Waals surface area contributed by atoms with E-state index >= 15 is 0 Å². The maximum atomic E-state index is 14.4. The molecule has 6 rings (SSSR count). The number of likely N-dealkylation sites (tertiary alicyclic amines) is 1. The van der Waals surface area contributed by atoms with Crippen molar-refractivity contribution in [2.75, 3.05) is 50.7 Å². The van der Waals surface area contributed by atoms with Crippen molar-refractivity contribution in [3.63, 3.8) is 0 Å². The van der Waals surface area contributed by atoms with E-state index in [0.29, 0.717) is 43.5 Å². The lowest BCUT2D eigenvalue weighted by Crippen LogP contribution is -2.59. The molecule has 2 aliphatic carbocycles. The van der Waals surface area contributed by atoms with Gasteiger partial charge >= 0.3 is 6.03 Å². The molecule has 3 aliphatic heterocycles. The minimum atomic E-state index is -0.258. The van der Waals surface area contributed by atoms with E-state index in [1.807, 2.05) is 18.2 Å². The molecule has 4 unspecified atom stereocenters. The molecule has 1 aromatic rings. The molecule has 2 saturated carbocycles. The molecular weight excluding hydrogens is 528 g/mol. The molecule has 0 spiro atoms. The lowest BCUT2D eigenvalue weighted by molar-refractivity contribution is -0.0140. The summed E-state index contributed by atoms with van der Waals surface area (Å²) in [5.41, 5.74) is 0.794. The number of carbonyl (C=O) groups excluding carboxylic acids is 1. The fraction of sp³-hybridized carbons (Fsp3) is 0.848. The minimum absolute atomic E-state index is 0.0912. The predicted octanol–water partition coefficient (Wildman–Crippen LogP) is 5.55. The van der Waals surface area contributed by atoms with Crippen LogP contribution in [0.25, 0.3) is 0 Å². The summed E-state index contributed by atoms with van der Waals surface area (Å²) < 4.78 is 11.9. The number of methoxy groups -OCH3 is 1. The summed E-state index contributed by atoms with van der Waals surface area (Å²) in [7, 11) is 4.09. The number of fused-ring (bicyclic) bond motifs is 1. The summed E-state index contributed by atoms with van der Waals surface area (Å²) in [4.78, 5) is 31.0. The molecule has 42 heavy (non-hydrogen) atoms. The first-order valence-electron chi connectivity index (χ1n) is 16.8.